The Balaban J connectivity index is 2.20. The molecule has 0 fully saturated rings. The zero-order valence-corrected chi connectivity index (χ0v) is 14.0. The van der Waals surface area contributed by atoms with Gasteiger partial charge in [0.15, 0.2) is 6.10 Å². The summed E-state index contributed by atoms with van der Waals surface area (Å²) in [6.07, 6.45) is 1.52. The van der Waals surface area contributed by atoms with E-state index in [-0.39, 0.29) is 5.78 Å². The van der Waals surface area contributed by atoms with Gasteiger partial charge in [0.05, 0.1) is 0 Å². The quantitative estimate of drug-likeness (QED) is 0.884. The van der Waals surface area contributed by atoms with E-state index in [2.05, 4.69) is 26.0 Å². The lowest BCUT2D eigenvalue weighted by Crippen LogP contribution is -2.53. The van der Waals surface area contributed by atoms with Crippen LogP contribution in [-0.4, -0.2) is 25.7 Å². The molecule has 0 aliphatic carbocycles. The third-order valence-electron chi connectivity index (χ3n) is 3.67. The fourth-order valence-corrected chi connectivity index (χ4v) is 3.00. The number of hydrogen-bond donors (Lipinski definition) is 1. The number of aromatic nitrogens is 3. The summed E-state index contributed by atoms with van der Waals surface area (Å²) in [5.41, 5.74) is -1.83. The van der Waals surface area contributed by atoms with Crippen molar-refractivity contribution >= 4 is 21.7 Å². The van der Waals surface area contributed by atoms with Crippen LogP contribution in [0.15, 0.2) is 35.3 Å². The molecule has 2 atom stereocenters. The molecular weight excluding hydrogens is 350 g/mol. The number of hydrogen-bond acceptors (Lipinski definition) is 5. The van der Waals surface area contributed by atoms with Crippen molar-refractivity contribution in [1.82, 2.24) is 14.8 Å². The first kappa shape index (κ1) is 15.2. The molecular formula is C15H16BrN3O3. The largest absolute Gasteiger partial charge is 0.455 e. The van der Waals surface area contributed by atoms with Gasteiger partial charge < -0.3 is 9.84 Å². The van der Waals surface area contributed by atoms with Crippen LogP contribution in [0.5, 0.6) is 5.75 Å². The van der Waals surface area contributed by atoms with Gasteiger partial charge in [-0.15, -0.1) is 0 Å². The normalized spacial score (nSPS) is 24.0. The first-order valence-corrected chi connectivity index (χ1v) is 7.62. The summed E-state index contributed by atoms with van der Waals surface area (Å²) in [5, 5.41) is 14.9. The molecule has 2 aromatic rings. The van der Waals surface area contributed by atoms with Crippen LogP contribution in [0.1, 0.15) is 32.4 Å². The Bertz CT molecular complexity index is 724. The highest BCUT2D eigenvalue weighted by atomic mass is 79.9. The van der Waals surface area contributed by atoms with Crippen molar-refractivity contribution in [3.63, 3.8) is 0 Å². The smallest absolute Gasteiger partial charge is 0.292 e. The van der Waals surface area contributed by atoms with E-state index in [4.69, 9.17) is 4.74 Å². The molecule has 0 saturated heterocycles. The molecule has 6 nitrogen and oxygen atoms in total. The third kappa shape index (κ3) is 2.07. The standard InChI is InChI=1S/C15H16BrN3O3/c1-14(2,3)13(21)15(19-8-17-7-18-19)12(20)10-6-9(16)4-5-11(10)22-15/h4-8,12,20H,1-3H3/t12-,15-/m0/s1. The molecule has 0 radical (unpaired) electrons. The van der Waals surface area contributed by atoms with Crippen LogP contribution >= 0.6 is 15.9 Å². The highest BCUT2D eigenvalue weighted by Crippen LogP contribution is 2.49. The number of carbonyl (C=O) groups excluding carboxylic acids is 1. The number of rotatable bonds is 2. The molecule has 0 saturated carbocycles. The zero-order valence-electron chi connectivity index (χ0n) is 12.4. The van der Waals surface area contributed by atoms with Crippen LogP contribution in [0.3, 0.4) is 0 Å². The summed E-state index contributed by atoms with van der Waals surface area (Å²) in [6.45, 7) is 5.34. The average molecular weight is 366 g/mol. The maximum Gasteiger partial charge on any atom is 0.292 e. The Morgan fingerprint density at radius 3 is 2.77 bits per heavy atom. The lowest BCUT2D eigenvalue weighted by molar-refractivity contribution is -0.167. The van der Waals surface area contributed by atoms with E-state index in [1.54, 1.807) is 39.0 Å². The minimum absolute atomic E-state index is 0.273. The number of Topliss-reactive ketones (excluding diaryl/α,β-unsaturated/α-hetero) is 1. The minimum atomic E-state index is -1.64. The summed E-state index contributed by atoms with van der Waals surface area (Å²) in [5.74, 6) is 0.189. The molecule has 0 amide bonds. The monoisotopic (exact) mass is 365 g/mol. The number of fused-ring (bicyclic) bond motifs is 1. The van der Waals surface area contributed by atoms with Crippen LogP contribution in [0.2, 0.25) is 0 Å². The second-order valence-electron chi connectivity index (χ2n) is 6.30. The molecule has 22 heavy (non-hydrogen) atoms. The Hall–Kier alpha value is -1.73. The van der Waals surface area contributed by atoms with Crippen molar-refractivity contribution in [2.75, 3.05) is 0 Å². The van der Waals surface area contributed by atoms with E-state index in [1.807, 2.05) is 0 Å². The first-order valence-electron chi connectivity index (χ1n) is 6.83. The van der Waals surface area contributed by atoms with E-state index in [9.17, 15) is 9.90 Å². The van der Waals surface area contributed by atoms with Crippen molar-refractivity contribution < 1.29 is 14.6 Å². The molecule has 1 aliphatic heterocycles. The third-order valence-corrected chi connectivity index (χ3v) is 4.16. The topological polar surface area (TPSA) is 77.2 Å². The van der Waals surface area contributed by atoms with Gasteiger partial charge in [-0.1, -0.05) is 36.7 Å². The second kappa shape index (κ2) is 4.89. The van der Waals surface area contributed by atoms with E-state index in [1.165, 1.54) is 17.3 Å². The highest BCUT2D eigenvalue weighted by molar-refractivity contribution is 9.10. The van der Waals surface area contributed by atoms with Crippen molar-refractivity contribution in [3.8, 4) is 5.75 Å². The summed E-state index contributed by atoms with van der Waals surface area (Å²) in [4.78, 5) is 17.0. The zero-order chi connectivity index (χ0) is 16.1. The van der Waals surface area contributed by atoms with Gasteiger partial charge in [-0.05, 0) is 18.2 Å². The van der Waals surface area contributed by atoms with E-state index < -0.39 is 17.2 Å². The Morgan fingerprint density at radius 1 is 1.45 bits per heavy atom. The molecule has 1 N–H and O–H groups in total. The molecule has 0 bridgehead atoms. The van der Waals surface area contributed by atoms with E-state index >= 15 is 0 Å². The maximum absolute atomic E-state index is 13.1. The van der Waals surface area contributed by atoms with Gasteiger partial charge in [0.2, 0.25) is 5.78 Å². The van der Waals surface area contributed by atoms with Gasteiger partial charge in [-0.3, -0.25) is 4.79 Å². The Morgan fingerprint density at radius 2 is 2.18 bits per heavy atom. The van der Waals surface area contributed by atoms with Gasteiger partial charge in [0.1, 0.15) is 18.4 Å². The van der Waals surface area contributed by atoms with E-state index in [0.29, 0.717) is 11.3 Å². The summed E-state index contributed by atoms with van der Waals surface area (Å²) >= 11 is 3.37. The summed E-state index contributed by atoms with van der Waals surface area (Å²) in [7, 11) is 0. The number of carbonyl (C=O) groups is 1. The molecule has 1 aromatic heterocycles. The molecule has 3 rings (SSSR count). The van der Waals surface area contributed by atoms with Crippen molar-refractivity contribution in [2.24, 2.45) is 5.41 Å². The second-order valence-corrected chi connectivity index (χ2v) is 7.22. The molecule has 0 spiro atoms. The number of halogens is 1. The lowest BCUT2D eigenvalue weighted by Gasteiger charge is -2.35. The Kier molecular flexibility index (Phi) is 3.37. The molecule has 2 heterocycles. The number of aliphatic hydroxyl groups is 1. The fraction of sp³-hybridized carbons (Fsp3) is 0.400. The van der Waals surface area contributed by atoms with Gasteiger partial charge in [-0.25, -0.2) is 9.67 Å². The number of ketones is 1. The average Bonchev–Trinajstić information content (AvgIpc) is 3.05. The molecule has 1 aromatic carbocycles. The van der Waals surface area contributed by atoms with Gasteiger partial charge in [0, 0.05) is 15.5 Å². The SMILES string of the molecule is CC(C)(C)C(=O)[C@@]1(n2cncn2)Oc2ccc(Br)cc2[C@@H]1O. The number of benzene rings is 1. The lowest BCUT2D eigenvalue weighted by atomic mass is 9.81. The van der Waals surface area contributed by atoms with Crippen molar-refractivity contribution in [1.29, 1.82) is 0 Å². The number of ether oxygens (including phenoxy) is 1. The summed E-state index contributed by atoms with van der Waals surface area (Å²) < 4.78 is 8.02. The molecule has 116 valence electrons. The van der Waals surface area contributed by atoms with Crippen LogP contribution in [-0.2, 0) is 10.5 Å². The van der Waals surface area contributed by atoms with E-state index in [0.717, 1.165) is 4.47 Å². The predicted molar refractivity (Wildman–Crippen MR) is 82.2 cm³/mol. The van der Waals surface area contributed by atoms with Crippen LogP contribution in [0.25, 0.3) is 0 Å². The minimum Gasteiger partial charge on any atom is -0.455 e. The molecule has 0 unspecified atom stereocenters. The van der Waals surface area contributed by atoms with Gasteiger partial charge >= 0.3 is 0 Å². The fourth-order valence-electron chi connectivity index (χ4n) is 2.62. The Labute approximate surface area is 136 Å². The van der Waals surface area contributed by atoms with Crippen LogP contribution < -0.4 is 4.74 Å². The number of aliphatic hydroxyl groups excluding tert-OH is 1. The van der Waals surface area contributed by atoms with Gasteiger partial charge in [-0.2, -0.15) is 5.10 Å². The first-order chi connectivity index (χ1) is 10.3. The van der Waals surface area contributed by atoms with Crippen LogP contribution in [0.4, 0.5) is 0 Å². The predicted octanol–water partition coefficient (Wildman–Crippen LogP) is 2.43. The van der Waals surface area contributed by atoms with Crippen molar-refractivity contribution in [2.45, 2.75) is 32.6 Å². The van der Waals surface area contributed by atoms with Crippen molar-refractivity contribution in [3.05, 3.63) is 40.9 Å². The number of nitrogens with zero attached hydrogens (tertiary/aromatic N) is 3. The van der Waals surface area contributed by atoms with Crippen LogP contribution in [0, 0.1) is 5.41 Å². The molecule has 1 aliphatic rings. The summed E-state index contributed by atoms with van der Waals surface area (Å²) in [6, 6.07) is 5.26. The van der Waals surface area contributed by atoms with Gasteiger partial charge in [0.25, 0.3) is 5.72 Å². The highest BCUT2D eigenvalue weighted by Gasteiger charge is 2.59. The molecule has 7 heteroatoms. The maximum atomic E-state index is 13.1.